The average molecular weight is 257 g/mol. The molecule has 0 saturated heterocycles. The van der Waals surface area contributed by atoms with Gasteiger partial charge in [0.15, 0.2) is 6.10 Å². The summed E-state index contributed by atoms with van der Waals surface area (Å²) in [5, 5.41) is 0. The van der Waals surface area contributed by atoms with Gasteiger partial charge in [-0.15, -0.1) is 6.42 Å². The van der Waals surface area contributed by atoms with Crippen molar-refractivity contribution in [3.05, 3.63) is 35.9 Å². The topological polar surface area (TPSA) is 52.3 Å². The van der Waals surface area contributed by atoms with Crippen LogP contribution in [0.4, 0.5) is 4.79 Å². The van der Waals surface area contributed by atoms with Crippen molar-refractivity contribution >= 4 is 6.09 Å². The highest BCUT2D eigenvalue weighted by Gasteiger charge is 2.29. The molecule has 0 heterocycles. The molecule has 1 aliphatic carbocycles. The van der Waals surface area contributed by atoms with Crippen LogP contribution in [0, 0.1) is 18.3 Å². The third-order valence-corrected chi connectivity index (χ3v) is 3.88. The molecule has 1 aromatic carbocycles. The predicted octanol–water partition coefficient (Wildman–Crippen LogP) is 3.06. The molecular formula is C16H19NO2. The molecule has 1 aromatic rings. The Morgan fingerprint density at radius 2 is 1.89 bits per heavy atom. The number of carbonyl (C=O) groups excluding carboxylic acids is 1. The van der Waals surface area contributed by atoms with Crippen molar-refractivity contribution in [2.45, 2.75) is 37.7 Å². The van der Waals surface area contributed by atoms with Crippen LogP contribution in [0.5, 0.6) is 0 Å². The van der Waals surface area contributed by atoms with E-state index in [4.69, 9.17) is 16.9 Å². The van der Waals surface area contributed by atoms with E-state index in [1.54, 1.807) is 0 Å². The van der Waals surface area contributed by atoms with Gasteiger partial charge < -0.3 is 10.5 Å². The Morgan fingerprint density at radius 1 is 1.26 bits per heavy atom. The van der Waals surface area contributed by atoms with E-state index >= 15 is 0 Å². The molecule has 2 N–H and O–H groups in total. The minimum absolute atomic E-state index is 0.234. The van der Waals surface area contributed by atoms with Gasteiger partial charge in [0.2, 0.25) is 0 Å². The SMILES string of the molecule is C#C[C@H](OC(N)=O)C1CCC(c2ccccc2)CC1. The lowest BCUT2D eigenvalue weighted by molar-refractivity contribution is 0.0857. The zero-order chi connectivity index (χ0) is 13.7. The second-order valence-corrected chi connectivity index (χ2v) is 5.05. The van der Waals surface area contributed by atoms with Crippen molar-refractivity contribution in [2.75, 3.05) is 0 Å². The smallest absolute Gasteiger partial charge is 0.405 e. The number of primary amides is 1. The Bertz CT molecular complexity index is 455. The number of ether oxygens (including phenoxy) is 1. The van der Waals surface area contributed by atoms with Crippen molar-refractivity contribution in [1.82, 2.24) is 0 Å². The number of rotatable bonds is 3. The maximum Gasteiger partial charge on any atom is 0.405 e. The minimum atomic E-state index is -0.784. The van der Waals surface area contributed by atoms with Gasteiger partial charge in [0.05, 0.1) is 0 Å². The van der Waals surface area contributed by atoms with E-state index in [0.29, 0.717) is 5.92 Å². The van der Waals surface area contributed by atoms with Crippen LogP contribution < -0.4 is 5.73 Å². The zero-order valence-corrected chi connectivity index (χ0v) is 10.9. The summed E-state index contributed by atoms with van der Waals surface area (Å²) >= 11 is 0. The third kappa shape index (κ3) is 3.51. The van der Waals surface area contributed by atoms with Crippen molar-refractivity contribution in [2.24, 2.45) is 11.7 Å². The first-order chi connectivity index (χ1) is 9.20. The van der Waals surface area contributed by atoms with Crippen LogP contribution in [0.15, 0.2) is 30.3 Å². The zero-order valence-electron chi connectivity index (χ0n) is 10.9. The van der Waals surface area contributed by atoms with Crippen molar-refractivity contribution in [1.29, 1.82) is 0 Å². The molecule has 1 saturated carbocycles. The van der Waals surface area contributed by atoms with Gasteiger partial charge in [-0.25, -0.2) is 4.79 Å². The van der Waals surface area contributed by atoms with Crippen LogP contribution >= 0.6 is 0 Å². The van der Waals surface area contributed by atoms with Crippen molar-refractivity contribution < 1.29 is 9.53 Å². The van der Waals surface area contributed by atoms with Crippen LogP contribution in [0.3, 0.4) is 0 Å². The lowest BCUT2D eigenvalue weighted by Crippen LogP contribution is -2.30. The second kappa shape index (κ2) is 6.29. The van der Waals surface area contributed by atoms with Gasteiger partial charge in [-0.2, -0.15) is 0 Å². The van der Waals surface area contributed by atoms with Crippen molar-refractivity contribution in [3.63, 3.8) is 0 Å². The molecule has 0 bridgehead atoms. The van der Waals surface area contributed by atoms with Gasteiger partial charge in [-0.1, -0.05) is 36.3 Å². The molecule has 0 radical (unpaired) electrons. The van der Waals surface area contributed by atoms with Crippen LogP contribution in [-0.2, 0) is 4.74 Å². The molecule has 2 rings (SSSR count). The van der Waals surface area contributed by atoms with Gasteiger partial charge in [0.1, 0.15) is 0 Å². The minimum Gasteiger partial charge on any atom is -0.433 e. The van der Waals surface area contributed by atoms with Crippen LogP contribution in [-0.4, -0.2) is 12.2 Å². The van der Waals surface area contributed by atoms with Gasteiger partial charge in [0, 0.05) is 5.92 Å². The Hall–Kier alpha value is -1.95. The number of carbonyl (C=O) groups is 1. The monoisotopic (exact) mass is 257 g/mol. The molecule has 3 nitrogen and oxygen atoms in total. The van der Waals surface area contributed by atoms with E-state index in [1.165, 1.54) is 5.56 Å². The van der Waals surface area contributed by atoms with E-state index in [0.717, 1.165) is 25.7 Å². The Kier molecular flexibility index (Phi) is 4.46. The average Bonchev–Trinajstić information content (AvgIpc) is 2.46. The quantitative estimate of drug-likeness (QED) is 0.846. The molecule has 1 aliphatic rings. The Labute approximate surface area is 114 Å². The van der Waals surface area contributed by atoms with Crippen LogP contribution in [0.25, 0.3) is 0 Å². The summed E-state index contributed by atoms with van der Waals surface area (Å²) in [6.07, 6.45) is 8.26. The molecule has 1 amide bonds. The van der Waals surface area contributed by atoms with Gasteiger partial charge in [-0.3, -0.25) is 0 Å². The fraction of sp³-hybridized carbons (Fsp3) is 0.438. The summed E-state index contributed by atoms with van der Waals surface area (Å²) in [7, 11) is 0. The van der Waals surface area contributed by atoms with Gasteiger partial charge >= 0.3 is 6.09 Å². The number of hydrogen-bond acceptors (Lipinski definition) is 2. The number of hydrogen-bond donors (Lipinski definition) is 1. The highest BCUT2D eigenvalue weighted by Crippen LogP contribution is 2.37. The molecule has 3 heteroatoms. The molecule has 1 fully saturated rings. The van der Waals surface area contributed by atoms with Crippen LogP contribution in [0.2, 0.25) is 0 Å². The summed E-state index contributed by atoms with van der Waals surface area (Å²) in [5.74, 6) is 3.36. The predicted molar refractivity (Wildman–Crippen MR) is 74.4 cm³/mol. The molecule has 0 spiro atoms. The molecule has 100 valence electrons. The lowest BCUT2D eigenvalue weighted by Gasteiger charge is -2.31. The molecule has 19 heavy (non-hydrogen) atoms. The van der Waals surface area contributed by atoms with E-state index in [2.05, 4.69) is 30.2 Å². The van der Waals surface area contributed by atoms with E-state index in [-0.39, 0.29) is 5.92 Å². The first-order valence-corrected chi connectivity index (χ1v) is 6.68. The first kappa shape index (κ1) is 13.5. The van der Waals surface area contributed by atoms with Crippen molar-refractivity contribution in [3.8, 4) is 12.3 Å². The normalized spacial score (nSPS) is 24.2. The summed E-state index contributed by atoms with van der Waals surface area (Å²) in [5.41, 5.74) is 6.42. The highest BCUT2D eigenvalue weighted by atomic mass is 16.6. The fourth-order valence-electron chi connectivity index (χ4n) is 2.87. The van der Waals surface area contributed by atoms with E-state index in [1.807, 2.05) is 6.07 Å². The largest absolute Gasteiger partial charge is 0.433 e. The Balaban J connectivity index is 1.92. The van der Waals surface area contributed by atoms with Gasteiger partial charge in [-0.05, 0) is 37.2 Å². The van der Waals surface area contributed by atoms with E-state index in [9.17, 15) is 4.79 Å². The first-order valence-electron chi connectivity index (χ1n) is 6.68. The molecule has 0 unspecified atom stereocenters. The molecule has 0 aliphatic heterocycles. The maximum absolute atomic E-state index is 10.8. The molecule has 1 atom stereocenters. The second-order valence-electron chi connectivity index (χ2n) is 5.05. The highest BCUT2D eigenvalue weighted by molar-refractivity contribution is 5.65. The summed E-state index contributed by atoms with van der Waals surface area (Å²) in [6.45, 7) is 0. The standard InChI is InChI=1S/C16H19NO2/c1-2-15(19-16(17)18)14-10-8-13(9-11-14)12-6-4-3-5-7-12/h1,3-7,13-15H,8-11H2,(H2,17,18)/t13?,14?,15-/m0/s1. The summed E-state index contributed by atoms with van der Waals surface area (Å²) < 4.78 is 4.98. The van der Waals surface area contributed by atoms with Gasteiger partial charge in [0.25, 0.3) is 0 Å². The molecule has 0 aromatic heterocycles. The number of benzene rings is 1. The van der Waals surface area contributed by atoms with E-state index < -0.39 is 12.2 Å². The maximum atomic E-state index is 10.8. The number of terminal acetylenes is 1. The fourth-order valence-corrected chi connectivity index (χ4v) is 2.87. The Morgan fingerprint density at radius 3 is 2.42 bits per heavy atom. The third-order valence-electron chi connectivity index (χ3n) is 3.88. The number of amides is 1. The summed E-state index contributed by atoms with van der Waals surface area (Å²) in [6, 6.07) is 10.5. The number of nitrogens with two attached hydrogens (primary N) is 1. The summed E-state index contributed by atoms with van der Waals surface area (Å²) in [4.78, 5) is 10.8. The van der Waals surface area contributed by atoms with Crippen LogP contribution in [0.1, 0.15) is 37.2 Å². The lowest BCUT2D eigenvalue weighted by atomic mass is 9.77. The molecular weight excluding hydrogens is 238 g/mol.